The van der Waals surface area contributed by atoms with Gasteiger partial charge in [0.25, 0.3) is 0 Å². The lowest BCUT2D eigenvalue weighted by atomic mass is 10.1. The van der Waals surface area contributed by atoms with Crippen LogP contribution in [0.25, 0.3) is 0 Å². The molecule has 0 saturated heterocycles. The van der Waals surface area contributed by atoms with Gasteiger partial charge in [0.2, 0.25) is 0 Å². The molecule has 0 spiro atoms. The summed E-state index contributed by atoms with van der Waals surface area (Å²) < 4.78 is 5.67. The van der Waals surface area contributed by atoms with Gasteiger partial charge in [0.15, 0.2) is 0 Å². The van der Waals surface area contributed by atoms with Gasteiger partial charge < -0.3 is 15.6 Å². The Bertz CT molecular complexity index is 274. The zero-order valence-electron chi connectivity index (χ0n) is 9.26. The number of rotatable bonds is 5. The molecule has 3 unspecified atom stereocenters. The van der Waals surface area contributed by atoms with Crippen molar-refractivity contribution >= 4 is 0 Å². The highest BCUT2D eigenvalue weighted by atomic mass is 16.5. The Balaban J connectivity index is 2.65. The van der Waals surface area contributed by atoms with E-state index in [1.807, 2.05) is 37.3 Å². The van der Waals surface area contributed by atoms with E-state index < -0.39 is 6.10 Å². The van der Waals surface area contributed by atoms with Crippen molar-refractivity contribution in [1.82, 2.24) is 0 Å². The normalized spacial score (nSPS) is 17.1. The topological polar surface area (TPSA) is 55.5 Å². The van der Waals surface area contributed by atoms with Crippen LogP contribution in [-0.2, 0) is 4.74 Å². The molecule has 1 aromatic rings. The van der Waals surface area contributed by atoms with E-state index in [0.29, 0.717) is 6.54 Å². The van der Waals surface area contributed by atoms with E-state index in [1.165, 1.54) is 0 Å². The minimum absolute atomic E-state index is 0.143. The molecule has 1 aromatic carbocycles. The predicted octanol–water partition coefficient (Wildman–Crippen LogP) is 1.47. The van der Waals surface area contributed by atoms with Crippen LogP contribution >= 0.6 is 0 Å². The molecule has 0 fully saturated rings. The Morgan fingerprint density at radius 1 is 1.27 bits per heavy atom. The second-order valence-electron chi connectivity index (χ2n) is 3.72. The molecule has 0 radical (unpaired) electrons. The van der Waals surface area contributed by atoms with Crippen molar-refractivity contribution in [3.05, 3.63) is 35.9 Å². The lowest BCUT2D eigenvalue weighted by Crippen LogP contribution is -2.28. The minimum Gasteiger partial charge on any atom is -0.391 e. The number of ether oxygens (including phenoxy) is 1. The molecule has 0 bridgehead atoms. The maximum atomic E-state index is 9.35. The first kappa shape index (κ1) is 12.2. The summed E-state index contributed by atoms with van der Waals surface area (Å²) in [5, 5.41) is 9.35. The van der Waals surface area contributed by atoms with Gasteiger partial charge in [0.1, 0.15) is 0 Å². The molecule has 3 atom stereocenters. The van der Waals surface area contributed by atoms with Gasteiger partial charge in [-0.2, -0.15) is 0 Å². The summed E-state index contributed by atoms with van der Waals surface area (Å²) in [6.07, 6.45) is -0.836. The molecule has 1 rings (SSSR count). The lowest BCUT2D eigenvalue weighted by Gasteiger charge is -2.23. The standard InChI is InChI=1S/C12H19NO2/c1-9(14)10(2)15-12(8-13)11-6-4-3-5-7-11/h3-7,9-10,12,14H,8,13H2,1-2H3. The summed E-state index contributed by atoms with van der Waals surface area (Å²) in [7, 11) is 0. The maximum Gasteiger partial charge on any atom is 0.0952 e. The Kier molecular flexibility index (Phi) is 4.75. The molecule has 3 heteroatoms. The Morgan fingerprint density at radius 2 is 1.87 bits per heavy atom. The van der Waals surface area contributed by atoms with Gasteiger partial charge in [-0.05, 0) is 19.4 Å². The summed E-state index contributed by atoms with van der Waals surface area (Å²) in [4.78, 5) is 0. The van der Waals surface area contributed by atoms with Crippen LogP contribution in [0.3, 0.4) is 0 Å². The summed E-state index contributed by atoms with van der Waals surface area (Å²) in [6.45, 7) is 3.97. The first-order valence-electron chi connectivity index (χ1n) is 5.23. The Morgan fingerprint density at radius 3 is 2.33 bits per heavy atom. The first-order valence-corrected chi connectivity index (χ1v) is 5.23. The van der Waals surface area contributed by atoms with Crippen LogP contribution in [0.1, 0.15) is 25.5 Å². The monoisotopic (exact) mass is 209 g/mol. The molecule has 0 aliphatic carbocycles. The van der Waals surface area contributed by atoms with Crippen LogP contribution in [-0.4, -0.2) is 23.9 Å². The average molecular weight is 209 g/mol. The van der Waals surface area contributed by atoms with E-state index in [-0.39, 0.29) is 12.2 Å². The molecule has 3 N–H and O–H groups in total. The number of nitrogens with two attached hydrogens (primary N) is 1. The maximum absolute atomic E-state index is 9.35. The molecule has 0 amide bonds. The second-order valence-corrected chi connectivity index (χ2v) is 3.72. The number of benzene rings is 1. The number of aliphatic hydroxyl groups excluding tert-OH is 1. The zero-order chi connectivity index (χ0) is 11.3. The fraction of sp³-hybridized carbons (Fsp3) is 0.500. The summed E-state index contributed by atoms with van der Waals surface area (Å²) in [6, 6.07) is 9.82. The van der Waals surface area contributed by atoms with Gasteiger partial charge in [-0.15, -0.1) is 0 Å². The van der Waals surface area contributed by atoms with Crippen molar-refractivity contribution < 1.29 is 9.84 Å². The van der Waals surface area contributed by atoms with E-state index in [4.69, 9.17) is 10.5 Å². The van der Waals surface area contributed by atoms with Crippen molar-refractivity contribution in [1.29, 1.82) is 0 Å². The molecule has 0 aromatic heterocycles. The molecule has 15 heavy (non-hydrogen) atoms. The molecule has 0 heterocycles. The fourth-order valence-corrected chi connectivity index (χ4v) is 1.31. The minimum atomic E-state index is -0.484. The third-order valence-electron chi connectivity index (χ3n) is 2.44. The summed E-state index contributed by atoms with van der Waals surface area (Å²) in [5.41, 5.74) is 6.70. The third-order valence-corrected chi connectivity index (χ3v) is 2.44. The number of hydrogen-bond donors (Lipinski definition) is 2. The van der Waals surface area contributed by atoms with Crippen molar-refractivity contribution in [2.75, 3.05) is 6.54 Å². The number of hydrogen-bond acceptors (Lipinski definition) is 3. The second kappa shape index (κ2) is 5.85. The molecule has 3 nitrogen and oxygen atoms in total. The SMILES string of the molecule is CC(O)C(C)OC(CN)c1ccccc1. The van der Waals surface area contributed by atoms with Crippen LogP contribution < -0.4 is 5.73 Å². The zero-order valence-corrected chi connectivity index (χ0v) is 9.26. The Hall–Kier alpha value is -0.900. The predicted molar refractivity (Wildman–Crippen MR) is 60.5 cm³/mol. The summed E-state index contributed by atoms with van der Waals surface area (Å²) >= 11 is 0. The van der Waals surface area contributed by atoms with Crippen molar-refractivity contribution in [3.8, 4) is 0 Å². The van der Waals surface area contributed by atoms with Gasteiger partial charge in [0, 0.05) is 6.54 Å². The largest absolute Gasteiger partial charge is 0.391 e. The third kappa shape index (κ3) is 3.63. The molecular weight excluding hydrogens is 190 g/mol. The van der Waals surface area contributed by atoms with E-state index in [9.17, 15) is 5.11 Å². The molecule has 84 valence electrons. The van der Waals surface area contributed by atoms with Crippen molar-refractivity contribution in [3.63, 3.8) is 0 Å². The van der Waals surface area contributed by atoms with Crippen LogP contribution in [0.4, 0.5) is 0 Å². The highest BCUT2D eigenvalue weighted by Gasteiger charge is 2.16. The van der Waals surface area contributed by atoms with E-state index in [2.05, 4.69) is 0 Å². The highest BCUT2D eigenvalue weighted by molar-refractivity contribution is 5.17. The molecular formula is C12H19NO2. The average Bonchev–Trinajstić information content (AvgIpc) is 2.26. The molecule has 0 aliphatic rings. The summed E-state index contributed by atoms with van der Waals surface area (Å²) in [5.74, 6) is 0. The van der Waals surface area contributed by atoms with Gasteiger partial charge in [-0.25, -0.2) is 0 Å². The van der Waals surface area contributed by atoms with Gasteiger partial charge in [0.05, 0.1) is 18.3 Å². The van der Waals surface area contributed by atoms with Crippen LogP contribution in [0.5, 0.6) is 0 Å². The van der Waals surface area contributed by atoms with Gasteiger partial charge >= 0.3 is 0 Å². The van der Waals surface area contributed by atoms with E-state index in [1.54, 1.807) is 6.92 Å². The van der Waals surface area contributed by atoms with Crippen LogP contribution in [0.2, 0.25) is 0 Å². The van der Waals surface area contributed by atoms with Crippen LogP contribution in [0.15, 0.2) is 30.3 Å². The Labute approximate surface area is 90.9 Å². The lowest BCUT2D eigenvalue weighted by molar-refractivity contribution is -0.0591. The van der Waals surface area contributed by atoms with Crippen molar-refractivity contribution in [2.24, 2.45) is 5.73 Å². The van der Waals surface area contributed by atoms with Gasteiger partial charge in [-0.3, -0.25) is 0 Å². The number of aliphatic hydroxyl groups is 1. The quantitative estimate of drug-likeness (QED) is 0.772. The highest BCUT2D eigenvalue weighted by Crippen LogP contribution is 2.18. The smallest absolute Gasteiger partial charge is 0.0952 e. The molecule has 0 aliphatic heterocycles. The van der Waals surface area contributed by atoms with Crippen molar-refractivity contribution in [2.45, 2.75) is 32.2 Å². The fourth-order valence-electron chi connectivity index (χ4n) is 1.31. The first-order chi connectivity index (χ1) is 7.15. The van der Waals surface area contributed by atoms with E-state index >= 15 is 0 Å². The van der Waals surface area contributed by atoms with Gasteiger partial charge in [-0.1, -0.05) is 30.3 Å². The van der Waals surface area contributed by atoms with E-state index in [0.717, 1.165) is 5.56 Å². The van der Waals surface area contributed by atoms with Crippen LogP contribution in [0, 0.1) is 0 Å². The molecule has 0 saturated carbocycles.